The smallest absolute Gasteiger partial charge is 0.222 e. The Labute approximate surface area is 68.6 Å². The van der Waals surface area contributed by atoms with Gasteiger partial charge in [0.05, 0.1) is 0 Å². The van der Waals surface area contributed by atoms with Crippen LogP contribution in [0.1, 0.15) is 32.6 Å². The van der Waals surface area contributed by atoms with E-state index in [-0.39, 0.29) is 5.91 Å². The van der Waals surface area contributed by atoms with E-state index in [2.05, 4.69) is 0 Å². The molecule has 1 rings (SSSR count). The van der Waals surface area contributed by atoms with Gasteiger partial charge in [-0.05, 0) is 18.8 Å². The summed E-state index contributed by atoms with van der Waals surface area (Å²) in [6.07, 6.45) is 4.64. The Morgan fingerprint density at radius 3 is 2.55 bits per heavy atom. The van der Waals surface area contributed by atoms with Gasteiger partial charge in [-0.25, -0.2) is 0 Å². The maximum atomic E-state index is 11.1. The fraction of sp³-hybridized carbons (Fsp3) is 0.889. The summed E-state index contributed by atoms with van der Waals surface area (Å²) in [6.45, 7) is 2.90. The van der Waals surface area contributed by atoms with Gasteiger partial charge in [0.2, 0.25) is 5.91 Å². The summed E-state index contributed by atoms with van der Waals surface area (Å²) in [6, 6.07) is 0. The van der Waals surface area contributed by atoms with Crippen molar-refractivity contribution in [3.05, 3.63) is 0 Å². The highest BCUT2D eigenvalue weighted by atomic mass is 16.2. The summed E-state index contributed by atoms with van der Waals surface area (Å²) < 4.78 is 0. The van der Waals surface area contributed by atoms with E-state index in [1.165, 1.54) is 19.3 Å². The van der Waals surface area contributed by atoms with E-state index in [9.17, 15) is 4.79 Å². The Hall–Kier alpha value is -0.530. The van der Waals surface area contributed by atoms with Crippen LogP contribution in [0.15, 0.2) is 0 Å². The minimum atomic E-state index is 0.275. The topological polar surface area (TPSA) is 20.3 Å². The first-order valence-electron chi connectivity index (χ1n) is 4.48. The second kappa shape index (κ2) is 3.74. The fourth-order valence-electron chi connectivity index (χ4n) is 1.43. The molecule has 0 atom stereocenters. The second-order valence-electron chi connectivity index (χ2n) is 3.42. The highest BCUT2D eigenvalue weighted by Gasteiger charge is 2.20. The third-order valence-corrected chi connectivity index (χ3v) is 2.49. The summed E-state index contributed by atoms with van der Waals surface area (Å²) >= 11 is 0. The van der Waals surface area contributed by atoms with Crippen molar-refractivity contribution in [2.45, 2.75) is 32.6 Å². The summed E-state index contributed by atoms with van der Waals surface area (Å²) in [5.74, 6) is 1.08. The van der Waals surface area contributed by atoms with E-state index in [1.807, 2.05) is 18.9 Å². The van der Waals surface area contributed by atoms with Crippen LogP contribution in [0, 0.1) is 5.92 Å². The van der Waals surface area contributed by atoms with Crippen LogP contribution in [0.25, 0.3) is 0 Å². The Morgan fingerprint density at radius 1 is 1.55 bits per heavy atom. The third-order valence-electron chi connectivity index (χ3n) is 2.49. The summed E-state index contributed by atoms with van der Waals surface area (Å²) in [7, 11) is 1.91. The molecule has 0 bridgehead atoms. The third kappa shape index (κ3) is 2.21. The summed E-state index contributed by atoms with van der Waals surface area (Å²) in [4.78, 5) is 13.0. The van der Waals surface area contributed by atoms with Gasteiger partial charge < -0.3 is 4.90 Å². The number of nitrogens with zero attached hydrogens (tertiary/aromatic N) is 1. The first-order valence-corrected chi connectivity index (χ1v) is 4.48. The van der Waals surface area contributed by atoms with Crippen molar-refractivity contribution < 1.29 is 4.79 Å². The molecular formula is C9H17NO. The van der Waals surface area contributed by atoms with Gasteiger partial charge in [-0.1, -0.05) is 13.3 Å². The molecule has 1 aliphatic rings. The second-order valence-corrected chi connectivity index (χ2v) is 3.42. The molecule has 0 N–H and O–H groups in total. The molecule has 1 saturated carbocycles. The first-order chi connectivity index (χ1) is 5.24. The molecule has 1 aliphatic carbocycles. The van der Waals surface area contributed by atoms with E-state index < -0.39 is 0 Å². The lowest BCUT2D eigenvalue weighted by Crippen LogP contribution is -2.33. The standard InChI is InChI=1S/C9H17NO/c1-3-9(11)10(2)7-8-5-4-6-8/h8H,3-7H2,1-2H3. The molecule has 64 valence electrons. The van der Waals surface area contributed by atoms with Gasteiger partial charge in [0.25, 0.3) is 0 Å². The molecule has 0 aromatic carbocycles. The number of amides is 1. The normalized spacial score (nSPS) is 17.6. The van der Waals surface area contributed by atoms with Gasteiger partial charge in [-0.3, -0.25) is 4.79 Å². The number of carbonyl (C=O) groups is 1. The highest BCUT2D eigenvalue weighted by molar-refractivity contribution is 5.75. The van der Waals surface area contributed by atoms with Crippen molar-refractivity contribution in [2.24, 2.45) is 5.92 Å². The van der Waals surface area contributed by atoms with Gasteiger partial charge in [-0.15, -0.1) is 0 Å². The van der Waals surface area contributed by atoms with Crippen LogP contribution in [0.2, 0.25) is 0 Å². The van der Waals surface area contributed by atoms with Crippen molar-refractivity contribution in [1.29, 1.82) is 0 Å². The van der Waals surface area contributed by atoms with Crippen LogP contribution in [0.5, 0.6) is 0 Å². The largest absolute Gasteiger partial charge is 0.345 e. The maximum Gasteiger partial charge on any atom is 0.222 e. The van der Waals surface area contributed by atoms with Crippen LogP contribution in [-0.2, 0) is 4.79 Å². The molecule has 11 heavy (non-hydrogen) atoms. The van der Waals surface area contributed by atoms with Crippen LogP contribution in [-0.4, -0.2) is 24.4 Å². The lowest BCUT2D eigenvalue weighted by Gasteiger charge is -2.29. The Bertz CT molecular complexity index is 140. The number of rotatable bonds is 3. The van der Waals surface area contributed by atoms with E-state index >= 15 is 0 Å². The molecule has 0 heterocycles. The molecule has 0 unspecified atom stereocenters. The molecule has 0 spiro atoms. The van der Waals surface area contributed by atoms with Crippen molar-refractivity contribution in [2.75, 3.05) is 13.6 Å². The predicted molar refractivity (Wildman–Crippen MR) is 45.3 cm³/mol. The van der Waals surface area contributed by atoms with Crippen LogP contribution in [0.3, 0.4) is 0 Å². The zero-order valence-electron chi connectivity index (χ0n) is 7.47. The summed E-state index contributed by atoms with van der Waals surface area (Å²) in [5, 5.41) is 0. The summed E-state index contributed by atoms with van der Waals surface area (Å²) in [5.41, 5.74) is 0. The van der Waals surface area contributed by atoms with Gasteiger partial charge in [0.1, 0.15) is 0 Å². The Morgan fingerprint density at radius 2 is 2.18 bits per heavy atom. The van der Waals surface area contributed by atoms with Crippen molar-refractivity contribution in [3.63, 3.8) is 0 Å². The molecule has 0 radical (unpaired) electrons. The van der Waals surface area contributed by atoms with Crippen LogP contribution < -0.4 is 0 Å². The molecular weight excluding hydrogens is 138 g/mol. The maximum absolute atomic E-state index is 11.1. The highest BCUT2D eigenvalue weighted by Crippen LogP contribution is 2.26. The van der Waals surface area contributed by atoms with Crippen molar-refractivity contribution >= 4 is 5.91 Å². The zero-order chi connectivity index (χ0) is 8.27. The van der Waals surface area contributed by atoms with E-state index in [4.69, 9.17) is 0 Å². The molecule has 2 nitrogen and oxygen atoms in total. The zero-order valence-corrected chi connectivity index (χ0v) is 7.47. The van der Waals surface area contributed by atoms with E-state index in [0.717, 1.165) is 12.5 Å². The lowest BCUT2D eigenvalue weighted by molar-refractivity contribution is -0.130. The number of carbonyl (C=O) groups excluding carboxylic acids is 1. The van der Waals surface area contributed by atoms with E-state index in [0.29, 0.717) is 6.42 Å². The lowest BCUT2D eigenvalue weighted by atomic mass is 9.85. The van der Waals surface area contributed by atoms with Gasteiger partial charge >= 0.3 is 0 Å². The predicted octanol–water partition coefficient (Wildman–Crippen LogP) is 1.65. The SMILES string of the molecule is CCC(=O)N(C)CC1CCC1. The Balaban J connectivity index is 2.18. The molecule has 0 saturated heterocycles. The van der Waals surface area contributed by atoms with Crippen molar-refractivity contribution in [1.82, 2.24) is 4.90 Å². The Kier molecular flexibility index (Phi) is 2.92. The van der Waals surface area contributed by atoms with Crippen LogP contribution >= 0.6 is 0 Å². The number of hydrogen-bond donors (Lipinski definition) is 0. The molecule has 1 amide bonds. The molecule has 2 heteroatoms. The minimum absolute atomic E-state index is 0.275. The van der Waals surface area contributed by atoms with Crippen LogP contribution in [0.4, 0.5) is 0 Å². The van der Waals surface area contributed by atoms with Gasteiger partial charge in [-0.2, -0.15) is 0 Å². The molecule has 1 fully saturated rings. The van der Waals surface area contributed by atoms with Crippen molar-refractivity contribution in [3.8, 4) is 0 Å². The fourth-order valence-corrected chi connectivity index (χ4v) is 1.43. The average molecular weight is 155 g/mol. The number of hydrogen-bond acceptors (Lipinski definition) is 1. The molecule has 0 aromatic heterocycles. The first kappa shape index (κ1) is 8.57. The average Bonchev–Trinajstić information content (AvgIpc) is 1.94. The molecule has 0 aliphatic heterocycles. The quantitative estimate of drug-likeness (QED) is 0.607. The van der Waals surface area contributed by atoms with Gasteiger partial charge in [0, 0.05) is 20.0 Å². The molecule has 0 aromatic rings. The monoisotopic (exact) mass is 155 g/mol. The van der Waals surface area contributed by atoms with E-state index in [1.54, 1.807) is 0 Å². The minimum Gasteiger partial charge on any atom is -0.345 e. The van der Waals surface area contributed by atoms with Gasteiger partial charge in [0.15, 0.2) is 0 Å².